The molecule has 1 aromatic heterocycles. The Morgan fingerprint density at radius 3 is 2.47 bits per heavy atom. The van der Waals surface area contributed by atoms with Gasteiger partial charge in [-0.15, -0.1) is 0 Å². The number of aliphatic hydroxyl groups is 1. The molecule has 4 N–H and O–H groups in total. The van der Waals surface area contributed by atoms with E-state index in [1.54, 1.807) is 47.2 Å². The van der Waals surface area contributed by atoms with Crippen molar-refractivity contribution >= 4 is 17.6 Å². The Balaban J connectivity index is 1.64. The number of ether oxygens (including phenoxy) is 1. The van der Waals surface area contributed by atoms with Gasteiger partial charge in [0.15, 0.2) is 0 Å². The zero-order valence-corrected chi connectivity index (χ0v) is 19.4. The molecule has 0 spiro atoms. The summed E-state index contributed by atoms with van der Waals surface area (Å²) in [6.07, 6.45) is 3.24. The van der Waals surface area contributed by atoms with Gasteiger partial charge in [0.2, 0.25) is 0 Å². The molecule has 0 radical (unpaired) electrons. The molecular formula is C25H29ClFN3O4. The van der Waals surface area contributed by atoms with Gasteiger partial charge in [-0.3, -0.25) is 4.39 Å². The van der Waals surface area contributed by atoms with Crippen molar-refractivity contribution in [1.82, 2.24) is 15.2 Å². The first kappa shape index (κ1) is 25.4. The second-order valence-electron chi connectivity index (χ2n) is 7.88. The van der Waals surface area contributed by atoms with Gasteiger partial charge < -0.3 is 30.2 Å². The standard InChI is InChI=1S/C25H29ClFN3O4/c26-20-7-3-18(4-8-20)15-28-25(33)29-23(17-30-13-11-21(31)16-30)24(32)19-5-9-22(10-6-19)34-14-2-1-12-27/h3-11,13,16,23-24,31-32H,1-2,12,14-15,17H2,(H2,28,29,33)/t23-,24+/m1/s1. The van der Waals surface area contributed by atoms with E-state index in [0.29, 0.717) is 42.3 Å². The molecule has 0 saturated carbocycles. The Labute approximate surface area is 203 Å². The van der Waals surface area contributed by atoms with E-state index in [0.717, 1.165) is 5.56 Å². The predicted molar refractivity (Wildman–Crippen MR) is 129 cm³/mol. The van der Waals surface area contributed by atoms with Gasteiger partial charge in [0, 0.05) is 30.5 Å². The number of carbonyl (C=O) groups is 1. The Kier molecular flexibility index (Phi) is 9.61. The van der Waals surface area contributed by atoms with Crippen LogP contribution in [0.5, 0.6) is 11.5 Å². The normalized spacial score (nSPS) is 12.7. The topological polar surface area (TPSA) is 95.8 Å². The lowest BCUT2D eigenvalue weighted by atomic mass is 10.0. The van der Waals surface area contributed by atoms with Crippen LogP contribution in [-0.2, 0) is 13.1 Å². The van der Waals surface area contributed by atoms with Gasteiger partial charge in [0.05, 0.1) is 19.3 Å². The molecule has 0 aliphatic carbocycles. The second-order valence-corrected chi connectivity index (χ2v) is 8.32. The summed E-state index contributed by atoms with van der Waals surface area (Å²) in [4.78, 5) is 12.6. The number of nitrogens with zero attached hydrogens (tertiary/aromatic N) is 1. The summed E-state index contributed by atoms with van der Waals surface area (Å²) >= 11 is 5.89. The number of nitrogens with one attached hydrogen (secondary N) is 2. The number of aromatic hydroxyl groups is 1. The van der Waals surface area contributed by atoms with Gasteiger partial charge in [-0.05, 0) is 54.3 Å². The number of aromatic nitrogens is 1. The zero-order chi connectivity index (χ0) is 24.3. The molecular weight excluding hydrogens is 461 g/mol. The number of unbranched alkanes of at least 4 members (excludes halogenated alkanes) is 1. The van der Waals surface area contributed by atoms with E-state index >= 15 is 0 Å². The summed E-state index contributed by atoms with van der Waals surface area (Å²) in [5.74, 6) is 0.713. The fourth-order valence-electron chi connectivity index (χ4n) is 3.38. The Hall–Kier alpha value is -3.23. The van der Waals surface area contributed by atoms with Crippen LogP contribution in [0, 0.1) is 0 Å². The summed E-state index contributed by atoms with van der Waals surface area (Å²) in [5.41, 5.74) is 1.48. The highest BCUT2D eigenvalue weighted by molar-refractivity contribution is 6.30. The quantitative estimate of drug-likeness (QED) is 0.280. The van der Waals surface area contributed by atoms with Crippen molar-refractivity contribution in [2.45, 2.75) is 38.1 Å². The van der Waals surface area contributed by atoms with Gasteiger partial charge in [-0.2, -0.15) is 0 Å². The van der Waals surface area contributed by atoms with E-state index in [2.05, 4.69) is 10.6 Å². The predicted octanol–water partition coefficient (Wildman–Crippen LogP) is 4.58. The van der Waals surface area contributed by atoms with Crippen molar-refractivity contribution in [3.05, 3.63) is 83.1 Å². The average molecular weight is 490 g/mol. The number of urea groups is 1. The van der Waals surface area contributed by atoms with Crippen LogP contribution >= 0.6 is 11.6 Å². The van der Waals surface area contributed by atoms with E-state index in [4.69, 9.17) is 16.3 Å². The maximum Gasteiger partial charge on any atom is 0.315 e. The van der Waals surface area contributed by atoms with Crippen LogP contribution in [-0.4, -0.2) is 40.1 Å². The van der Waals surface area contributed by atoms with Gasteiger partial charge in [0.25, 0.3) is 0 Å². The maximum absolute atomic E-state index is 12.6. The van der Waals surface area contributed by atoms with Gasteiger partial charge >= 0.3 is 6.03 Å². The van der Waals surface area contributed by atoms with E-state index in [1.165, 1.54) is 12.3 Å². The third kappa shape index (κ3) is 7.97. The lowest BCUT2D eigenvalue weighted by Gasteiger charge is -2.25. The average Bonchev–Trinajstić information content (AvgIpc) is 3.25. The van der Waals surface area contributed by atoms with Gasteiger partial charge in [-0.1, -0.05) is 35.9 Å². The van der Waals surface area contributed by atoms with Crippen molar-refractivity contribution < 1.29 is 24.1 Å². The molecule has 2 amide bonds. The van der Waals surface area contributed by atoms with Crippen LogP contribution in [0.4, 0.5) is 9.18 Å². The lowest BCUT2D eigenvalue weighted by Crippen LogP contribution is -2.46. The number of alkyl halides is 1. The molecule has 34 heavy (non-hydrogen) atoms. The van der Waals surface area contributed by atoms with Crippen molar-refractivity contribution in [3.63, 3.8) is 0 Å². The summed E-state index contributed by atoms with van der Waals surface area (Å²) in [6.45, 7) is 0.582. The maximum atomic E-state index is 12.6. The third-order valence-electron chi connectivity index (χ3n) is 5.22. The minimum Gasteiger partial charge on any atom is -0.506 e. The Morgan fingerprint density at radius 2 is 1.82 bits per heavy atom. The molecule has 0 unspecified atom stereocenters. The van der Waals surface area contributed by atoms with Crippen molar-refractivity contribution in [2.24, 2.45) is 0 Å². The summed E-state index contributed by atoms with van der Waals surface area (Å²) < 4.78 is 19.5. The van der Waals surface area contributed by atoms with E-state index < -0.39 is 18.2 Å². The smallest absolute Gasteiger partial charge is 0.315 e. The molecule has 0 bridgehead atoms. The molecule has 2 atom stereocenters. The molecule has 182 valence electrons. The molecule has 9 heteroatoms. The van der Waals surface area contributed by atoms with Gasteiger partial charge in [-0.25, -0.2) is 4.79 Å². The first-order valence-corrected chi connectivity index (χ1v) is 11.4. The lowest BCUT2D eigenvalue weighted by molar-refractivity contribution is 0.121. The SMILES string of the molecule is O=C(NCc1ccc(Cl)cc1)N[C@H](Cn1ccc(O)c1)[C@@H](O)c1ccc(OCCCCF)cc1. The van der Waals surface area contributed by atoms with E-state index in [1.807, 2.05) is 12.1 Å². The fraction of sp³-hybridized carbons (Fsp3) is 0.320. The molecule has 0 aliphatic heterocycles. The highest BCUT2D eigenvalue weighted by Gasteiger charge is 2.23. The molecule has 0 aliphatic rings. The van der Waals surface area contributed by atoms with Gasteiger partial charge in [0.1, 0.15) is 17.6 Å². The molecule has 2 aromatic carbocycles. The minimum absolute atomic E-state index is 0.0923. The number of amides is 2. The largest absolute Gasteiger partial charge is 0.506 e. The molecule has 3 rings (SSSR count). The number of halogens is 2. The summed E-state index contributed by atoms with van der Waals surface area (Å²) in [7, 11) is 0. The van der Waals surface area contributed by atoms with E-state index in [9.17, 15) is 19.4 Å². The van der Waals surface area contributed by atoms with Crippen LogP contribution in [0.2, 0.25) is 5.02 Å². The van der Waals surface area contributed by atoms with E-state index in [-0.39, 0.29) is 19.0 Å². The number of rotatable bonds is 12. The molecule has 7 nitrogen and oxygen atoms in total. The monoisotopic (exact) mass is 489 g/mol. The molecule has 0 fully saturated rings. The number of benzene rings is 2. The highest BCUT2D eigenvalue weighted by Crippen LogP contribution is 2.22. The highest BCUT2D eigenvalue weighted by atomic mass is 35.5. The molecule has 0 saturated heterocycles. The number of hydrogen-bond acceptors (Lipinski definition) is 4. The van der Waals surface area contributed by atoms with Crippen molar-refractivity contribution in [2.75, 3.05) is 13.3 Å². The van der Waals surface area contributed by atoms with Crippen molar-refractivity contribution in [3.8, 4) is 11.5 Å². The fourth-order valence-corrected chi connectivity index (χ4v) is 3.50. The van der Waals surface area contributed by atoms with Crippen molar-refractivity contribution in [1.29, 1.82) is 0 Å². The Bertz CT molecular complexity index is 1030. The number of hydrogen-bond donors (Lipinski definition) is 4. The minimum atomic E-state index is -1.02. The second kappa shape index (κ2) is 12.9. The number of carbonyl (C=O) groups excluding carboxylic acids is 1. The molecule has 1 heterocycles. The van der Waals surface area contributed by atoms with Crippen LogP contribution < -0.4 is 15.4 Å². The van der Waals surface area contributed by atoms with Crippen LogP contribution in [0.3, 0.4) is 0 Å². The summed E-state index contributed by atoms with van der Waals surface area (Å²) in [6, 6.07) is 14.4. The first-order valence-electron chi connectivity index (χ1n) is 11.0. The zero-order valence-electron chi connectivity index (χ0n) is 18.7. The first-order chi connectivity index (χ1) is 16.4. The third-order valence-corrected chi connectivity index (χ3v) is 5.48. The van der Waals surface area contributed by atoms with Crippen LogP contribution in [0.1, 0.15) is 30.1 Å². The molecule has 3 aromatic rings. The Morgan fingerprint density at radius 1 is 1.09 bits per heavy atom. The number of aliphatic hydroxyl groups excluding tert-OH is 1. The van der Waals surface area contributed by atoms with Crippen LogP contribution in [0.25, 0.3) is 0 Å². The van der Waals surface area contributed by atoms with Crippen LogP contribution in [0.15, 0.2) is 67.0 Å². The summed E-state index contributed by atoms with van der Waals surface area (Å²) in [5, 5.41) is 26.9.